The number of carbonyl (C=O) groups excluding carboxylic acids is 1. The van der Waals surface area contributed by atoms with Gasteiger partial charge in [-0.05, 0) is 12.8 Å². The number of rotatable bonds is 4. The lowest BCUT2D eigenvalue weighted by Gasteiger charge is -2.06. The summed E-state index contributed by atoms with van der Waals surface area (Å²) in [6.07, 6.45) is 0.462. The van der Waals surface area contributed by atoms with Crippen molar-refractivity contribution in [2.75, 3.05) is 6.54 Å². The highest BCUT2D eigenvalue weighted by Gasteiger charge is 2.07. The molecule has 1 heterocycles. The third-order valence-corrected chi connectivity index (χ3v) is 2.81. The van der Waals surface area contributed by atoms with E-state index in [0.29, 0.717) is 12.3 Å². The fraction of sp³-hybridized carbons (Fsp3) is 0.600. The summed E-state index contributed by atoms with van der Waals surface area (Å²) in [5.41, 5.74) is 2.75. The van der Waals surface area contributed by atoms with Crippen LogP contribution in [-0.2, 0) is 11.2 Å². The maximum Gasteiger partial charge on any atom is 0.225 e. The van der Waals surface area contributed by atoms with Gasteiger partial charge in [-0.2, -0.15) is 0 Å². The second-order valence-corrected chi connectivity index (χ2v) is 4.67. The Morgan fingerprint density at radius 2 is 2.36 bits per heavy atom. The Morgan fingerprint density at radius 1 is 1.64 bits per heavy atom. The summed E-state index contributed by atoms with van der Waals surface area (Å²) in [5.74, 6) is 0.590. The minimum atomic E-state index is 0.0889. The van der Waals surface area contributed by atoms with Gasteiger partial charge >= 0.3 is 0 Å². The molecule has 0 saturated heterocycles. The summed E-state index contributed by atoms with van der Waals surface area (Å²) < 4.78 is 0. The van der Waals surface area contributed by atoms with Crippen molar-refractivity contribution < 1.29 is 4.79 Å². The van der Waals surface area contributed by atoms with E-state index < -0.39 is 0 Å². The van der Waals surface area contributed by atoms with Crippen molar-refractivity contribution in [2.45, 2.75) is 27.2 Å². The van der Waals surface area contributed by atoms with Crippen molar-refractivity contribution in [1.82, 2.24) is 10.3 Å². The number of nitrogens with zero attached hydrogens (tertiary/aromatic N) is 1. The Morgan fingerprint density at radius 3 is 2.86 bits per heavy atom. The zero-order valence-corrected chi connectivity index (χ0v) is 9.65. The molecule has 0 aromatic carbocycles. The Kier molecular flexibility index (Phi) is 4.07. The summed E-state index contributed by atoms with van der Waals surface area (Å²) >= 11 is 1.54. The summed E-state index contributed by atoms with van der Waals surface area (Å²) in [6, 6.07) is 0. The van der Waals surface area contributed by atoms with Crippen LogP contribution in [0.15, 0.2) is 5.51 Å². The molecule has 0 radical (unpaired) electrons. The van der Waals surface area contributed by atoms with E-state index in [0.717, 1.165) is 17.1 Å². The first-order chi connectivity index (χ1) is 6.59. The molecule has 0 aliphatic carbocycles. The van der Waals surface area contributed by atoms with Crippen LogP contribution < -0.4 is 5.32 Å². The second-order valence-electron chi connectivity index (χ2n) is 3.74. The van der Waals surface area contributed by atoms with Crippen LogP contribution in [0.3, 0.4) is 0 Å². The number of carbonyl (C=O) groups is 1. The SMILES string of the molecule is Cc1ncsc1CC(=O)NCC(C)C. The topological polar surface area (TPSA) is 42.0 Å². The number of aromatic nitrogens is 1. The summed E-state index contributed by atoms with van der Waals surface area (Å²) in [6.45, 7) is 6.84. The molecule has 0 aliphatic heterocycles. The Labute approximate surface area is 88.6 Å². The van der Waals surface area contributed by atoms with Crippen LogP contribution in [0.5, 0.6) is 0 Å². The quantitative estimate of drug-likeness (QED) is 0.826. The molecule has 3 nitrogen and oxygen atoms in total. The van der Waals surface area contributed by atoms with Crippen LogP contribution in [0, 0.1) is 12.8 Å². The zero-order chi connectivity index (χ0) is 10.6. The lowest BCUT2D eigenvalue weighted by Crippen LogP contribution is -2.28. The van der Waals surface area contributed by atoms with Crippen molar-refractivity contribution in [3.8, 4) is 0 Å². The van der Waals surface area contributed by atoms with Crippen molar-refractivity contribution in [2.24, 2.45) is 5.92 Å². The molecule has 78 valence electrons. The van der Waals surface area contributed by atoms with E-state index in [4.69, 9.17) is 0 Å². The number of nitrogens with one attached hydrogen (secondary N) is 1. The molecule has 1 aromatic rings. The van der Waals surface area contributed by atoms with Gasteiger partial charge in [-0.1, -0.05) is 13.8 Å². The van der Waals surface area contributed by atoms with Crippen LogP contribution in [0.25, 0.3) is 0 Å². The van der Waals surface area contributed by atoms with Gasteiger partial charge in [0.25, 0.3) is 0 Å². The first-order valence-corrected chi connectivity index (χ1v) is 5.63. The van der Waals surface area contributed by atoms with E-state index in [1.807, 2.05) is 6.92 Å². The van der Waals surface area contributed by atoms with Gasteiger partial charge in [0.15, 0.2) is 0 Å². The van der Waals surface area contributed by atoms with E-state index in [1.165, 1.54) is 0 Å². The molecular weight excluding hydrogens is 196 g/mol. The minimum Gasteiger partial charge on any atom is -0.356 e. The molecule has 4 heteroatoms. The molecule has 0 aliphatic rings. The van der Waals surface area contributed by atoms with Gasteiger partial charge in [0, 0.05) is 11.4 Å². The van der Waals surface area contributed by atoms with Crippen LogP contribution >= 0.6 is 11.3 Å². The first-order valence-electron chi connectivity index (χ1n) is 4.75. The molecule has 1 aromatic heterocycles. The zero-order valence-electron chi connectivity index (χ0n) is 8.83. The lowest BCUT2D eigenvalue weighted by atomic mass is 10.2. The van der Waals surface area contributed by atoms with E-state index >= 15 is 0 Å². The average molecular weight is 212 g/mol. The van der Waals surface area contributed by atoms with Crippen LogP contribution in [0.2, 0.25) is 0 Å². The smallest absolute Gasteiger partial charge is 0.225 e. The third-order valence-electron chi connectivity index (χ3n) is 1.87. The van der Waals surface area contributed by atoms with Crippen LogP contribution in [-0.4, -0.2) is 17.4 Å². The summed E-state index contributed by atoms with van der Waals surface area (Å²) in [4.78, 5) is 16.6. The largest absolute Gasteiger partial charge is 0.356 e. The summed E-state index contributed by atoms with van der Waals surface area (Å²) in [5, 5.41) is 2.89. The Hall–Kier alpha value is -0.900. The van der Waals surface area contributed by atoms with Gasteiger partial charge in [0.1, 0.15) is 0 Å². The number of hydrogen-bond donors (Lipinski definition) is 1. The lowest BCUT2D eigenvalue weighted by molar-refractivity contribution is -0.120. The maximum absolute atomic E-state index is 11.4. The summed E-state index contributed by atoms with van der Waals surface area (Å²) in [7, 11) is 0. The standard InChI is InChI=1S/C10H16N2OS/c1-7(2)5-11-10(13)4-9-8(3)12-6-14-9/h6-7H,4-5H2,1-3H3,(H,11,13). The second kappa shape index (κ2) is 5.10. The molecule has 1 amide bonds. The molecule has 0 saturated carbocycles. The average Bonchev–Trinajstić information content (AvgIpc) is 2.49. The molecule has 0 atom stereocenters. The maximum atomic E-state index is 11.4. The minimum absolute atomic E-state index is 0.0889. The molecule has 1 rings (SSSR count). The Bertz CT molecular complexity index is 307. The molecule has 0 bridgehead atoms. The predicted octanol–water partition coefficient (Wildman–Crippen LogP) is 1.77. The number of amides is 1. The highest BCUT2D eigenvalue weighted by atomic mass is 32.1. The molecular formula is C10H16N2OS. The van der Waals surface area contributed by atoms with Crippen LogP contribution in [0.1, 0.15) is 24.4 Å². The Balaban J connectivity index is 2.38. The van der Waals surface area contributed by atoms with E-state index in [2.05, 4.69) is 24.1 Å². The molecule has 1 N–H and O–H groups in total. The number of thiazole rings is 1. The van der Waals surface area contributed by atoms with Gasteiger partial charge in [-0.3, -0.25) is 4.79 Å². The van der Waals surface area contributed by atoms with Gasteiger partial charge in [-0.25, -0.2) is 4.98 Å². The predicted molar refractivity (Wildman–Crippen MR) is 58.4 cm³/mol. The van der Waals surface area contributed by atoms with Crippen molar-refractivity contribution >= 4 is 17.2 Å². The molecule has 14 heavy (non-hydrogen) atoms. The third kappa shape index (κ3) is 3.46. The normalized spacial score (nSPS) is 10.6. The van der Waals surface area contributed by atoms with Gasteiger partial charge < -0.3 is 5.32 Å². The van der Waals surface area contributed by atoms with Crippen LogP contribution in [0.4, 0.5) is 0 Å². The highest BCUT2D eigenvalue weighted by Crippen LogP contribution is 2.12. The fourth-order valence-corrected chi connectivity index (χ4v) is 1.80. The van der Waals surface area contributed by atoms with E-state index in [9.17, 15) is 4.79 Å². The number of aryl methyl sites for hydroxylation is 1. The molecule has 0 spiro atoms. The van der Waals surface area contributed by atoms with Crippen molar-refractivity contribution in [1.29, 1.82) is 0 Å². The van der Waals surface area contributed by atoms with Gasteiger partial charge in [0.2, 0.25) is 5.91 Å². The van der Waals surface area contributed by atoms with Gasteiger partial charge in [0.05, 0.1) is 17.6 Å². The molecule has 0 fully saturated rings. The van der Waals surface area contributed by atoms with E-state index in [-0.39, 0.29) is 5.91 Å². The van der Waals surface area contributed by atoms with Crippen molar-refractivity contribution in [3.05, 3.63) is 16.1 Å². The fourth-order valence-electron chi connectivity index (χ4n) is 1.02. The van der Waals surface area contributed by atoms with Crippen molar-refractivity contribution in [3.63, 3.8) is 0 Å². The number of hydrogen-bond acceptors (Lipinski definition) is 3. The molecule has 0 unspecified atom stereocenters. The van der Waals surface area contributed by atoms with Gasteiger partial charge in [-0.15, -0.1) is 11.3 Å². The monoisotopic (exact) mass is 212 g/mol. The van der Waals surface area contributed by atoms with E-state index in [1.54, 1.807) is 16.8 Å². The first kappa shape index (κ1) is 11.2. The highest BCUT2D eigenvalue weighted by molar-refractivity contribution is 7.09.